The molecule has 3 aliphatic rings. The highest BCUT2D eigenvalue weighted by molar-refractivity contribution is 6.23. The Morgan fingerprint density at radius 2 is 1.61 bits per heavy atom. The minimum Gasteiger partial charge on any atom is -0.507 e. The van der Waals surface area contributed by atoms with E-state index in [2.05, 4.69) is 10.4 Å². The van der Waals surface area contributed by atoms with Gasteiger partial charge < -0.3 is 49.8 Å². The smallest absolute Gasteiger partial charge is 0.312 e. The number of aliphatic hydroxyl groups excluding tert-OH is 2. The van der Waals surface area contributed by atoms with E-state index in [-0.39, 0.29) is 44.5 Å². The van der Waals surface area contributed by atoms with Crippen LogP contribution in [-0.4, -0.2) is 105 Å². The summed E-state index contributed by atoms with van der Waals surface area (Å²) in [7, 11) is 1.43. The molecule has 0 fully saturated rings. The molecular weight excluding hydrogens is 738 g/mol. The van der Waals surface area contributed by atoms with Gasteiger partial charge in [-0.05, 0) is 33.8 Å². The molecule has 0 radical (unpaired) electrons. The third kappa shape index (κ3) is 8.75. The topological polar surface area (TPSA) is 217 Å². The number of benzene rings is 2. The standard InChI is InChI=1S/C42H57N3O12/c1-12-45(13-2)43-19-27-32-37(51)30-29(36(27)50)31-39(25(8)35(30)49)57-42(10,40(31)52)55-18-17-28(54-11)22(5)38(56-26(9)46)24(7)34(48)23(6)33(47)20(3)15-14-16-21(4)41(53)44-32/h14-20,22-24,28,33-34,38,47-51H,12-13H2,1-11H3,(H,44,53)/b15-14+,18-17+,21-16+,43-19-/t20-,22+,23+,24+,28-,33-,34+,38+,42-/m0/s1. The van der Waals surface area contributed by atoms with Crippen LogP contribution in [0.1, 0.15) is 83.8 Å². The van der Waals surface area contributed by atoms with Crippen LogP contribution in [0.25, 0.3) is 10.8 Å². The molecule has 6 N–H and O–H groups in total. The minimum atomic E-state index is -2.04. The Hall–Kier alpha value is -5.12. The van der Waals surface area contributed by atoms with Crippen molar-refractivity contribution in [3.05, 3.63) is 52.8 Å². The second-order valence-electron chi connectivity index (χ2n) is 15.0. The van der Waals surface area contributed by atoms with Crippen molar-refractivity contribution in [2.75, 3.05) is 25.5 Å². The van der Waals surface area contributed by atoms with Gasteiger partial charge in [-0.3, -0.25) is 19.4 Å². The van der Waals surface area contributed by atoms with E-state index >= 15 is 0 Å². The highest BCUT2D eigenvalue weighted by Gasteiger charge is 2.50. The molecule has 2 aromatic carbocycles. The first-order valence-corrected chi connectivity index (χ1v) is 19.1. The zero-order chi connectivity index (χ0) is 42.7. The van der Waals surface area contributed by atoms with E-state index in [1.54, 1.807) is 44.9 Å². The molecule has 9 atom stereocenters. The number of hydrazone groups is 1. The van der Waals surface area contributed by atoms with Crippen molar-refractivity contribution >= 4 is 40.3 Å². The molecular formula is C42H57N3O12. The molecule has 5 bridgehead atoms. The number of amides is 1. The predicted octanol–water partition coefficient (Wildman–Crippen LogP) is 5.43. The lowest BCUT2D eigenvalue weighted by Crippen LogP contribution is -2.46. The monoisotopic (exact) mass is 795 g/mol. The molecule has 0 saturated heterocycles. The number of hydrogen-bond donors (Lipinski definition) is 6. The number of phenolic OH excluding ortho intramolecular Hbond substituents is 3. The Morgan fingerprint density at radius 1 is 0.965 bits per heavy atom. The maximum atomic E-state index is 14.4. The van der Waals surface area contributed by atoms with Crippen LogP contribution in [0.3, 0.4) is 0 Å². The Labute approximate surface area is 333 Å². The summed E-state index contributed by atoms with van der Waals surface area (Å²) in [5.74, 6) is -8.38. The van der Waals surface area contributed by atoms with Gasteiger partial charge >= 0.3 is 11.8 Å². The number of Topliss-reactive ketones (excluding diaryl/α,β-unsaturated/α-hetero) is 1. The van der Waals surface area contributed by atoms with E-state index in [1.807, 2.05) is 13.8 Å². The summed E-state index contributed by atoms with van der Waals surface area (Å²) in [6, 6.07) is 0. The number of allylic oxidation sites excluding steroid dienone is 2. The van der Waals surface area contributed by atoms with Gasteiger partial charge in [-0.2, -0.15) is 5.10 Å². The van der Waals surface area contributed by atoms with Crippen molar-refractivity contribution in [2.45, 2.75) is 99.4 Å². The lowest BCUT2D eigenvalue weighted by Gasteiger charge is -2.38. The summed E-state index contributed by atoms with van der Waals surface area (Å²) in [6.07, 6.45) is 4.79. The number of aliphatic hydroxyl groups is 2. The number of hydrogen-bond acceptors (Lipinski definition) is 14. The Bertz CT molecular complexity index is 1990. The number of aromatic hydroxyl groups is 3. The highest BCUT2D eigenvalue weighted by Crippen LogP contribution is 2.55. The van der Waals surface area contributed by atoms with Crippen molar-refractivity contribution in [2.24, 2.45) is 28.8 Å². The summed E-state index contributed by atoms with van der Waals surface area (Å²) >= 11 is 0. The minimum absolute atomic E-state index is 0.0520. The van der Waals surface area contributed by atoms with Gasteiger partial charge in [-0.1, -0.05) is 45.9 Å². The molecule has 15 heteroatoms. The summed E-state index contributed by atoms with van der Waals surface area (Å²) < 4.78 is 23.5. The molecule has 2 aromatic rings. The molecule has 3 aliphatic heterocycles. The molecule has 1 amide bonds. The zero-order valence-corrected chi connectivity index (χ0v) is 34.5. The van der Waals surface area contributed by atoms with Gasteiger partial charge in [0.15, 0.2) is 5.75 Å². The second kappa shape index (κ2) is 18.0. The molecule has 0 unspecified atom stereocenters. The fourth-order valence-electron chi connectivity index (χ4n) is 7.40. The van der Waals surface area contributed by atoms with Crippen molar-refractivity contribution < 1.29 is 58.9 Å². The van der Waals surface area contributed by atoms with Crippen LogP contribution >= 0.6 is 0 Å². The quantitative estimate of drug-likeness (QED) is 0.0708. The van der Waals surface area contributed by atoms with E-state index in [0.29, 0.717) is 13.1 Å². The van der Waals surface area contributed by atoms with Crippen LogP contribution in [0.4, 0.5) is 5.69 Å². The fourth-order valence-corrected chi connectivity index (χ4v) is 7.40. The summed E-state index contributed by atoms with van der Waals surface area (Å²) in [5, 5.41) is 66.3. The highest BCUT2D eigenvalue weighted by atomic mass is 16.7. The summed E-state index contributed by atoms with van der Waals surface area (Å²) in [5.41, 5.74) is -0.392. The first kappa shape index (κ1) is 44.6. The van der Waals surface area contributed by atoms with E-state index in [0.717, 1.165) is 0 Å². The van der Waals surface area contributed by atoms with Crippen molar-refractivity contribution in [1.82, 2.24) is 5.01 Å². The van der Waals surface area contributed by atoms with Gasteiger partial charge in [0.25, 0.3) is 11.7 Å². The number of fused-ring (bicyclic) bond motifs is 14. The average molecular weight is 796 g/mol. The molecule has 57 heavy (non-hydrogen) atoms. The first-order valence-electron chi connectivity index (χ1n) is 19.1. The van der Waals surface area contributed by atoms with Crippen molar-refractivity contribution in [1.29, 1.82) is 0 Å². The molecule has 312 valence electrons. The molecule has 5 rings (SSSR count). The van der Waals surface area contributed by atoms with Crippen molar-refractivity contribution in [3.8, 4) is 23.0 Å². The van der Waals surface area contributed by atoms with Gasteiger partial charge in [-0.15, -0.1) is 0 Å². The van der Waals surface area contributed by atoms with Crippen molar-refractivity contribution in [3.63, 3.8) is 0 Å². The van der Waals surface area contributed by atoms with Gasteiger partial charge in [-0.25, -0.2) is 0 Å². The number of phenols is 3. The SMILES string of the molecule is CCN(CC)/N=C\c1c2c(O)c3c(O)c(C)c4c(c3c1O)C(=O)[C@@](C)(O/C=C/[C@H](OC)[C@@H](C)[C@@H](OC(C)=O)[C@H](C)[C@H](O)[C@H](C)[C@@H](O)[C@@H](C)/C=C/C=C(\C)C(=O)N2)O4. The van der Waals surface area contributed by atoms with Gasteiger partial charge in [0, 0.05) is 74.2 Å². The molecule has 0 aliphatic carbocycles. The molecule has 3 heterocycles. The van der Waals surface area contributed by atoms with Gasteiger partial charge in [0.05, 0.1) is 53.0 Å². The Kier molecular flexibility index (Phi) is 14.1. The third-order valence-corrected chi connectivity index (χ3v) is 11.1. The molecule has 0 spiro atoms. The number of carbonyl (C=O) groups excluding carboxylic acids is 3. The predicted molar refractivity (Wildman–Crippen MR) is 214 cm³/mol. The number of methoxy groups -OCH3 is 1. The maximum absolute atomic E-state index is 14.4. The number of esters is 1. The number of ketones is 1. The van der Waals surface area contributed by atoms with E-state index in [4.69, 9.17) is 18.9 Å². The van der Waals surface area contributed by atoms with Gasteiger partial charge in [0.1, 0.15) is 23.4 Å². The summed E-state index contributed by atoms with van der Waals surface area (Å²) in [4.78, 5) is 40.3. The lowest BCUT2D eigenvalue weighted by atomic mass is 9.78. The molecule has 15 nitrogen and oxygen atoms in total. The Balaban J connectivity index is 1.99. The Morgan fingerprint density at radius 3 is 2.21 bits per heavy atom. The number of rotatable bonds is 6. The zero-order valence-electron chi connectivity index (χ0n) is 34.5. The van der Waals surface area contributed by atoms with Gasteiger partial charge in [0.2, 0.25) is 0 Å². The first-order chi connectivity index (χ1) is 26.8. The fraction of sp³-hybridized carbons (Fsp3) is 0.524. The largest absolute Gasteiger partial charge is 0.507 e. The average Bonchev–Trinajstić information content (AvgIpc) is 3.44. The van der Waals surface area contributed by atoms with E-state index in [1.165, 1.54) is 59.4 Å². The number of nitrogens with zero attached hydrogens (tertiary/aromatic N) is 2. The number of ether oxygens (including phenoxy) is 4. The van der Waals surface area contributed by atoms with Crippen LogP contribution in [0.2, 0.25) is 0 Å². The normalized spacial score (nSPS) is 30.7. The summed E-state index contributed by atoms with van der Waals surface area (Å²) in [6.45, 7) is 17.2. The number of carbonyl (C=O) groups is 3. The number of anilines is 1. The van der Waals surface area contributed by atoms with E-state index < -0.39 is 88.8 Å². The number of nitrogens with one attached hydrogen (secondary N) is 1. The molecule has 0 saturated carbocycles. The van der Waals surface area contributed by atoms with Crippen LogP contribution in [0, 0.1) is 30.6 Å². The lowest BCUT2D eigenvalue weighted by molar-refractivity contribution is -0.160. The van der Waals surface area contributed by atoms with E-state index in [9.17, 15) is 39.9 Å². The second-order valence-corrected chi connectivity index (χ2v) is 15.0. The van der Waals surface area contributed by atoms with Crippen LogP contribution in [0.15, 0.2) is 41.2 Å². The molecule has 0 aromatic heterocycles. The van der Waals surface area contributed by atoms with Crippen LogP contribution in [-0.2, 0) is 23.8 Å². The van der Waals surface area contributed by atoms with Crippen LogP contribution in [0.5, 0.6) is 23.0 Å². The maximum Gasteiger partial charge on any atom is 0.312 e. The van der Waals surface area contributed by atoms with Crippen LogP contribution < -0.4 is 10.1 Å². The third-order valence-electron chi connectivity index (χ3n) is 11.1.